The van der Waals surface area contributed by atoms with E-state index in [9.17, 15) is 4.79 Å². The maximum atomic E-state index is 12.2. The Balaban J connectivity index is 1.54. The van der Waals surface area contributed by atoms with Gasteiger partial charge in [0.15, 0.2) is 0 Å². The third-order valence-corrected chi connectivity index (χ3v) is 5.39. The molecule has 3 aromatic heterocycles. The third kappa shape index (κ3) is 4.19. The number of aryl methyl sites for hydroxylation is 1. The average molecular weight is 367 g/mol. The normalized spacial score (nSPS) is 10.9. The number of thiazole rings is 1. The van der Waals surface area contributed by atoms with Crippen LogP contribution >= 0.6 is 34.3 Å². The highest BCUT2D eigenvalue weighted by Gasteiger charge is 2.12. The molecule has 0 atom stereocenters. The van der Waals surface area contributed by atoms with Crippen molar-refractivity contribution in [2.75, 3.05) is 7.05 Å². The molecule has 8 heteroatoms. The number of hydrogen-bond donors (Lipinski definition) is 0. The molecular formula is C15H15ClN4OS2. The molecule has 0 unspecified atom stereocenters. The van der Waals surface area contributed by atoms with Crippen molar-refractivity contribution in [1.29, 1.82) is 0 Å². The molecule has 3 rings (SSSR count). The van der Waals surface area contributed by atoms with Crippen LogP contribution in [0.15, 0.2) is 35.3 Å². The van der Waals surface area contributed by atoms with Gasteiger partial charge in [0.1, 0.15) is 5.01 Å². The van der Waals surface area contributed by atoms with Crippen LogP contribution in [0.1, 0.15) is 12.1 Å². The van der Waals surface area contributed by atoms with Crippen molar-refractivity contribution in [2.24, 2.45) is 0 Å². The number of nitrogens with zero attached hydrogens (tertiary/aromatic N) is 4. The molecule has 0 saturated heterocycles. The van der Waals surface area contributed by atoms with Crippen LogP contribution in [0.4, 0.5) is 0 Å². The molecule has 0 aliphatic carbocycles. The van der Waals surface area contributed by atoms with Gasteiger partial charge in [-0.2, -0.15) is 5.10 Å². The lowest BCUT2D eigenvalue weighted by Gasteiger charge is -2.15. The summed E-state index contributed by atoms with van der Waals surface area (Å²) in [6, 6.07) is 4.07. The van der Waals surface area contributed by atoms with Crippen molar-refractivity contribution < 1.29 is 4.79 Å². The third-order valence-electron chi connectivity index (χ3n) is 3.27. The van der Waals surface area contributed by atoms with Crippen molar-refractivity contribution in [3.05, 3.63) is 46.0 Å². The Labute approximate surface area is 147 Å². The maximum Gasteiger partial charge on any atom is 0.224 e. The highest BCUT2D eigenvalue weighted by Crippen LogP contribution is 2.28. The van der Waals surface area contributed by atoms with Crippen LogP contribution in [0, 0.1) is 0 Å². The first-order chi connectivity index (χ1) is 11.1. The van der Waals surface area contributed by atoms with E-state index in [0.29, 0.717) is 24.5 Å². The van der Waals surface area contributed by atoms with Gasteiger partial charge in [-0.1, -0.05) is 17.7 Å². The Morgan fingerprint density at radius 2 is 2.30 bits per heavy atom. The van der Waals surface area contributed by atoms with Crippen LogP contribution in [0.2, 0.25) is 5.02 Å². The van der Waals surface area contributed by atoms with Crippen LogP contribution < -0.4 is 0 Å². The van der Waals surface area contributed by atoms with E-state index in [1.165, 1.54) is 0 Å². The molecule has 0 bridgehead atoms. The Morgan fingerprint density at radius 1 is 1.43 bits per heavy atom. The maximum absolute atomic E-state index is 12.2. The number of carbonyl (C=O) groups excluding carboxylic acids is 1. The van der Waals surface area contributed by atoms with Gasteiger partial charge in [-0.3, -0.25) is 9.48 Å². The van der Waals surface area contributed by atoms with Gasteiger partial charge in [0.2, 0.25) is 5.91 Å². The number of thiophene rings is 1. The first-order valence-corrected chi connectivity index (χ1v) is 9.16. The topological polar surface area (TPSA) is 51.0 Å². The fourth-order valence-electron chi connectivity index (χ4n) is 2.09. The molecule has 120 valence electrons. The zero-order valence-electron chi connectivity index (χ0n) is 12.5. The van der Waals surface area contributed by atoms with Crippen molar-refractivity contribution in [2.45, 2.75) is 19.5 Å². The highest BCUT2D eigenvalue weighted by atomic mass is 35.5. The lowest BCUT2D eigenvalue weighted by atomic mass is 10.3. The summed E-state index contributed by atoms with van der Waals surface area (Å²) in [5.41, 5.74) is 0.913. The zero-order valence-corrected chi connectivity index (χ0v) is 14.9. The SMILES string of the molecule is CN(Cc1csc(-c2cccs2)n1)C(=O)CCn1cc(Cl)cn1. The molecule has 0 saturated carbocycles. The van der Waals surface area contributed by atoms with Crippen molar-refractivity contribution >= 4 is 40.2 Å². The predicted molar refractivity (Wildman–Crippen MR) is 93.8 cm³/mol. The van der Waals surface area contributed by atoms with Gasteiger partial charge in [0.25, 0.3) is 0 Å². The van der Waals surface area contributed by atoms with Crippen LogP contribution in [0.3, 0.4) is 0 Å². The van der Waals surface area contributed by atoms with E-state index < -0.39 is 0 Å². The van der Waals surface area contributed by atoms with Gasteiger partial charge in [-0.15, -0.1) is 22.7 Å². The minimum absolute atomic E-state index is 0.0577. The Morgan fingerprint density at radius 3 is 3.00 bits per heavy atom. The first-order valence-electron chi connectivity index (χ1n) is 7.02. The molecular weight excluding hydrogens is 352 g/mol. The number of halogens is 1. The Hall–Kier alpha value is -1.70. The monoisotopic (exact) mass is 366 g/mol. The number of aromatic nitrogens is 3. The lowest BCUT2D eigenvalue weighted by Crippen LogP contribution is -2.27. The molecule has 0 radical (unpaired) electrons. The molecule has 3 heterocycles. The van der Waals surface area contributed by atoms with Gasteiger partial charge in [0.05, 0.1) is 28.3 Å². The van der Waals surface area contributed by atoms with E-state index in [-0.39, 0.29) is 5.91 Å². The first kappa shape index (κ1) is 16.2. The van der Waals surface area contributed by atoms with E-state index in [0.717, 1.165) is 15.6 Å². The Kier molecular flexibility index (Phi) is 5.09. The van der Waals surface area contributed by atoms with Crippen LogP contribution in [0.5, 0.6) is 0 Å². The van der Waals surface area contributed by atoms with Crippen LogP contribution in [0.25, 0.3) is 9.88 Å². The number of rotatable bonds is 6. The second-order valence-corrected chi connectivity index (χ2v) is 7.28. The number of carbonyl (C=O) groups is 1. The molecule has 0 N–H and O–H groups in total. The molecule has 0 aliphatic rings. The van der Waals surface area contributed by atoms with Gasteiger partial charge >= 0.3 is 0 Å². The second-order valence-electron chi connectivity index (χ2n) is 5.04. The fraction of sp³-hybridized carbons (Fsp3) is 0.267. The second kappa shape index (κ2) is 7.25. The van der Waals surface area contributed by atoms with E-state index in [1.54, 1.807) is 51.7 Å². The molecule has 0 aromatic carbocycles. The standard InChI is InChI=1S/C15H15ClN4OS2/c1-19(14(21)4-5-20-8-11(16)7-17-20)9-12-10-23-15(18-12)13-3-2-6-22-13/h2-3,6-8,10H,4-5,9H2,1H3. The summed E-state index contributed by atoms with van der Waals surface area (Å²) >= 11 is 9.08. The number of amides is 1. The molecule has 1 amide bonds. The van der Waals surface area contributed by atoms with Crippen molar-refractivity contribution in [1.82, 2.24) is 19.7 Å². The Bertz CT molecular complexity index is 781. The van der Waals surface area contributed by atoms with E-state index in [2.05, 4.69) is 16.1 Å². The summed E-state index contributed by atoms with van der Waals surface area (Å²) in [7, 11) is 1.79. The van der Waals surface area contributed by atoms with Crippen molar-refractivity contribution in [3.63, 3.8) is 0 Å². The van der Waals surface area contributed by atoms with Gasteiger partial charge in [-0.25, -0.2) is 4.98 Å². The van der Waals surface area contributed by atoms with Crippen LogP contribution in [-0.2, 0) is 17.9 Å². The highest BCUT2D eigenvalue weighted by molar-refractivity contribution is 7.20. The molecule has 0 aliphatic heterocycles. The van der Waals surface area contributed by atoms with E-state index in [4.69, 9.17) is 11.6 Å². The minimum atomic E-state index is 0.0577. The molecule has 23 heavy (non-hydrogen) atoms. The van der Waals surface area contributed by atoms with E-state index in [1.807, 2.05) is 16.8 Å². The molecule has 0 fully saturated rings. The zero-order chi connectivity index (χ0) is 16.2. The fourth-order valence-corrected chi connectivity index (χ4v) is 3.87. The summed E-state index contributed by atoms with van der Waals surface area (Å²) in [6.45, 7) is 1.04. The summed E-state index contributed by atoms with van der Waals surface area (Å²) in [5.74, 6) is 0.0577. The summed E-state index contributed by atoms with van der Waals surface area (Å²) in [5, 5.41) is 9.69. The van der Waals surface area contributed by atoms with Gasteiger partial charge < -0.3 is 4.90 Å². The molecule has 0 spiro atoms. The van der Waals surface area contributed by atoms with E-state index >= 15 is 0 Å². The molecule has 5 nitrogen and oxygen atoms in total. The van der Waals surface area contributed by atoms with Gasteiger partial charge in [-0.05, 0) is 11.4 Å². The number of hydrogen-bond acceptors (Lipinski definition) is 5. The van der Waals surface area contributed by atoms with Crippen molar-refractivity contribution in [3.8, 4) is 9.88 Å². The average Bonchev–Trinajstić information content (AvgIpc) is 3.25. The summed E-state index contributed by atoms with van der Waals surface area (Å²) in [4.78, 5) is 19.6. The minimum Gasteiger partial charge on any atom is -0.340 e. The van der Waals surface area contributed by atoms with Gasteiger partial charge in [0, 0.05) is 31.6 Å². The predicted octanol–water partition coefficient (Wildman–Crippen LogP) is 3.77. The quantitative estimate of drug-likeness (QED) is 0.667. The lowest BCUT2D eigenvalue weighted by molar-refractivity contribution is -0.130. The van der Waals surface area contributed by atoms with Crippen LogP contribution in [-0.4, -0.2) is 32.6 Å². The smallest absolute Gasteiger partial charge is 0.224 e. The summed E-state index contributed by atoms with van der Waals surface area (Å²) in [6.07, 6.45) is 3.66. The largest absolute Gasteiger partial charge is 0.340 e. The molecule has 3 aromatic rings. The summed E-state index contributed by atoms with van der Waals surface area (Å²) < 4.78 is 1.67.